The van der Waals surface area contributed by atoms with Crippen LogP contribution in [0.25, 0.3) is 0 Å². The Bertz CT molecular complexity index is 1580. The van der Waals surface area contributed by atoms with E-state index in [1.807, 2.05) is 56.0 Å². The molecule has 1 aliphatic carbocycles. The summed E-state index contributed by atoms with van der Waals surface area (Å²) < 4.78 is 38.1. The van der Waals surface area contributed by atoms with Crippen molar-refractivity contribution in [3.8, 4) is 0 Å². The monoisotopic (exact) mass is 700 g/mol. The second kappa shape index (κ2) is 15.7. The number of piperidine rings is 1. The van der Waals surface area contributed by atoms with Gasteiger partial charge in [0.05, 0.1) is 22.9 Å². The highest BCUT2D eigenvalue weighted by molar-refractivity contribution is 7.92. The standard InChI is InChI=1S/C37H53FN4O6S/c1-36(2,3)41-34(45)30-21-25-15-10-11-16-27(25)22-42(30)23-31(43)29(19-24-13-8-7-9-14-24)39-35(46)32(37(4,5)49(6,47)48)40-33(44)26-17-12-18-28(38)20-26/h7-9,12-14,17-18,20,25,27,29-32,43H,10-11,15-16,19,21-23H2,1-6H3,(H,39,46)(H,40,44)(H,41,45)/t25-,27+,29-,30-,31+,32+/m0/s1. The molecule has 2 fully saturated rings. The number of benzene rings is 2. The molecule has 3 amide bonds. The minimum absolute atomic E-state index is 0.0753. The van der Waals surface area contributed by atoms with E-state index in [4.69, 9.17) is 0 Å². The van der Waals surface area contributed by atoms with Crippen LogP contribution in [0, 0.1) is 17.7 Å². The van der Waals surface area contributed by atoms with E-state index in [1.54, 1.807) is 0 Å². The summed E-state index contributed by atoms with van der Waals surface area (Å²) in [5, 5.41) is 20.4. The Morgan fingerprint density at radius 3 is 2.22 bits per heavy atom. The number of rotatable bonds is 12. The molecule has 2 aromatic rings. The number of halogens is 1. The highest BCUT2D eigenvalue weighted by Gasteiger charge is 2.46. The number of fused-ring (bicyclic) bond motifs is 1. The van der Waals surface area contributed by atoms with Crippen molar-refractivity contribution in [2.24, 2.45) is 11.8 Å². The lowest BCUT2D eigenvalue weighted by Gasteiger charge is -2.47. The van der Waals surface area contributed by atoms with Crippen LogP contribution in [0.5, 0.6) is 0 Å². The molecule has 1 aliphatic heterocycles. The molecule has 4 rings (SSSR count). The van der Waals surface area contributed by atoms with Gasteiger partial charge in [-0.05, 0) is 89.5 Å². The molecule has 1 heterocycles. The zero-order valence-electron chi connectivity index (χ0n) is 29.5. The molecule has 0 bridgehead atoms. The van der Waals surface area contributed by atoms with Gasteiger partial charge in [-0.1, -0.05) is 55.7 Å². The molecule has 270 valence electrons. The maximum atomic E-state index is 14.1. The number of carbonyl (C=O) groups is 3. The topological polar surface area (TPSA) is 145 Å². The van der Waals surface area contributed by atoms with E-state index < -0.39 is 62.0 Å². The van der Waals surface area contributed by atoms with E-state index in [-0.39, 0.29) is 24.4 Å². The van der Waals surface area contributed by atoms with Crippen LogP contribution in [-0.2, 0) is 25.8 Å². The van der Waals surface area contributed by atoms with Crippen molar-refractivity contribution in [3.63, 3.8) is 0 Å². The maximum absolute atomic E-state index is 14.1. The van der Waals surface area contributed by atoms with Crippen molar-refractivity contribution in [2.75, 3.05) is 19.3 Å². The van der Waals surface area contributed by atoms with E-state index >= 15 is 0 Å². The summed E-state index contributed by atoms with van der Waals surface area (Å²) in [6, 6.07) is 11.2. The molecule has 6 atom stereocenters. The van der Waals surface area contributed by atoms with E-state index in [0.29, 0.717) is 24.8 Å². The van der Waals surface area contributed by atoms with Gasteiger partial charge >= 0.3 is 0 Å². The van der Waals surface area contributed by atoms with Gasteiger partial charge in [0, 0.05) is 30.4 Å². The zero-order chi connectivity index (χ0) is 36.1. The van der Waals surface area contributed by atoms with Gasteiger partial charge in [-0.3, -0.25) is 19.3 Å². The SMILES string of the molecule is CC(C)(C)NC(=O)[C@@H]1C[C@@H]2CCCC[C@@H]2CN1C[C@@H](O)[C@H](Cc1ccccc1)NC(=O)[C@@H](NC(=O)c1cccc(F)c1)C(C)(C)S(C)(=O)=O. The summed E-state index contributed by atoms with van der Waals surface area (Å²) >= 11 is 0. The van der Waals surface area contributed by atoms with Crippen LogP contribution < -0.4 is 16.0 Å². The van der Waals surface area contributed by atoms with Crippen LogP contribution in [-0.4, -0.2) is 90.0 Å². The van der Waals surface area contributed by atoms with Crippen molar-refractivity contribution in [1.29, 1.82) is 0 Å². The molecule has 49 heavy (non-hydrogen) atoms. The van der Waals surface area contributed by atoms with E-state index in [2.05, 4.69) is 16.0 Å². The smallest absolute Gasteiger partial charge is 0.252 e. The number of sulfone groups is 1. The van der Waals surface area contributed by atoms with Crippen LogP contribution in [0.4, 0.5) is 4.39 Å². The zero-order valence-corrected chi connectivity index (χ0v) is 30.4. The number of aliphatic hydroxyl groups is 1. The van der Waals surface area contributed by atoms with Crippen LogP contribution in [0.15, 0.2) is 54.6 Å². The molecule has 2 aromatic carbocycles. The van der Waals surface area contributed by atoms with Gasteiger partial charge in [-0.25, -0.2) is 12.8 Å². The third kappa shape index (κ3) is 10.1. The number of β-amino-alcohol motifs (C(OH)–C–C–N with tert-alkyl or cyclic N) is 1. The van der Waals surface area contributed by atoms with Gasteiger partial charge in [0.15, 0.2) is 9.84 Å². The van der Waals surface area contributed by atoms with Gasteiger partial charge in [-0.15, -0.1) is 0 Å². The Balaban J connectivity index is 1.63. The van der Waals surface area contributed by atoms with E-state index in [0.717, 1.165) is 43.6 Å². The average Bonchev–Trinajstić information content (AvgIpc) is 3.01. The fourth-order valence-electron chi connectivity index (χ4n) is 7.03. The summed E-state index contributed by atoms with van der Waals surface area (Å²) in [6.45, 7) is 9.22. The Morgan fingerprint density at radius 1 is 0.959 bits per heavy atom. The fraction of sp³-hybridized carbons (Fsp3) is 0.595. The number of amides is 3. The number of hydrogen-bond donors (Lipinski definition) is 4. The van der Waals surface area contributed by atoms with Gasteiger partial charge in [0.25, 0.3) is 5.91 Å². The lowest BCUT2D eigenvalue weighted by Crippen LogP contribution is -2.64. The Hall–Kier alpha value is -3.35. The second-order valence-electron chi connectivity index (χ2n) is 15.4. The molecule has 1 saturated heterocycles. The molecule has 0 spiro atoms. The molecule has 1 saturated carbocycles. The first-order chi connectivity index (χ1) is 22.9. The summed E-state index contributed by atoms with van der Waals surface area (Å²) in [7, 11) is -3.93. The minimum atomic E-state index is -3.93. The number of likely N-dealkylation sites (tertiary alicyclic amines) is 1. The van der Waals surface area contributed by atoms with Crippen molar-refractivity contribution in [2.45, 2.75) is 108 Å². The van der Waals surface area contributed by atoms with Crippen LogP contribution >= 0.6 is 0 Å². The van der Waals surface area contributed by atoms with Gasteiger partial charge in [0.2, 0.25) is 11.8 Å². The minimum Gasteiger partial charge on any atom is -0.390 e. The quantitative estimate of drug-likeness (QED) is 0.265. The van der Waals surface area contributed by atoms with E-state index in [1.165, 1.54) is 32.0 Å². The number of carbonyl (C=O) groups excluding carboxylic acids is 3. The van der Waals surface area contributed by atoms with Crippen molar-refractivity contribution >= 4 is 27.6 Å². The number of hydrogen-bond acceptors (Lipinski definition) is 7. The first-order valence-electron chi connectivity index (χ1n) is 17.2. The van der Waals surface area contributed by atoms with E-state index in [9.17, 15) is 32.3 Å². The lowest BCUT2D eigenvalue weighted by molar-refractivity contribution is -0.133. The molecule has 0 unspecified atom stereocenters. The van der Waals surface area contributed by atoms with Gasteiger partial charge in [0.1, 0.15) is 11.9 Å². The van der Waals surface area contributed by atoms with Crippen molar-refractivity contribution < 1.29 is 32.3 Å². The number of aliphatic hydroxyl groups excluding tert-OH is 1. The third-order valence-electron chi connectivity index (χ3n) is 10.1. The highest BCUT2D eigenvalue weighted by atomic mass is 32.2. The van der Waals surface area contributed by atoms with Crippen molar-refractivity contribution in [3.05, 3.63) is 71.5 Å². The number of nitrogens with zero attached hydrogens (tertiary/aromatic N) is 1. The number of nitrogens with one attached hydrogen (secondary N) is 3. The summed E-state index contributed by atoms with van der Waals surface area (Å²) in [6.07, 6.45) is 5.12. The molecule has 10 nitrogen and oxygen atoms in total. The predicted molar refractivity (Wildman–Crippen MR) is 188 cm³/mol. The van der Waals surface area contributed by atoms with Gasteiger partial charge < -0.3 is 21.1 Å². The largest absolute Gasteiger partial charge is 0.390 e. The Labute approximate surface area is 290 Å². The third-order valence-corrected chi connectivity index (χ3v) is 12.2. The molecule has 0 aromatic heterocycles. The predicted octanol–water partition coefficient (Wildman–Crippen LogP) is 3.63. The summed E-state index contributed by atoms with van der Waals surface area (Å²) in [5.74, 6) is -1.55. The Morgan fingerprint density at radius 2 is 1.61 bits per heavy atom. The molecule has 0 radical (unpaired) electrons. The molecule has 2 aliphatic rings. The van der Waals surface area contributed by atoms with Crippen LogP contribution in [0.3, 0.4) is 0 Å². The Kier molecular flexibility index (Phi) is 12.3. The van der Waals surface area contributed by atoms with Crippen LogP contribution in [0.2, 0.25) is 0 Å². The molecular weight excluding hydrogens is 647 g/mol. The lowest BCUT2D eigenvalue weighted by atomic mass is 9.72. The summed E-state index contributed by atoms with van der Waals surface area (Å²) in [4.78, 5) is 43.0. The first kappa shape index (κ1) is 38.5. The van der Waals surface area contributed by atoms with Gasteiger partial charge in [-0.2, -0.15) is 0 Å². The molecule has 12 heteroatoms. The molecule has 4 N–H and O–H groups in total. The highest BCUT2D eigenvalue weighted by Crippen LogP contribution is 2.39. The first-order valence-corrected chi connectivity index (χ1v) is 19.1. The summed E-state index contributed by atoms with van der Waals surface area (Å²) in [5.41, 5.74) is 0.308. The average molecular weight is 701 g/mol. The maximum Gasteiger partial charge on any atom is 0.252 e. The second-order valence-corrected chi connectivity index (χ2v) is 18.0. The van der Waals surface area contributed by atoms with Crippen LogP contribution in [0.1, 0.15) is 82.6 Å². The normalized spacial score (nSPS) is 22.2. The fourth-order valence-corrected chi connectivity index (χ4v) is 7.62. The molecular formula is C37H53FN4O6S. The van der Waals surface area contributed by atoms with Crippen molar-refractivity contribution in [1.82, 2.24) is 20.9 Å².